The molecule has 0 aliphatic heterocycles. The van der Waals surface area contributed by atoms with E-state index in [1.54, 1.807) is 31.4 Å². The Bertz CT molecular complexity index is 452. The number of carbonyl (C=O) groups is 2. The van der Waals surface area contributed by atoms with Gasteiger partial charge in [-0.3, -0.25) is 9.59 Å². The largest absolute Gasteiger partial charge is 0.497 e. The highest BCUT2D eigenvalue weighted by atomic mass is 35.5. The summed E-state index contributed by atoms with van der Waals surface area (Å²) in [5.74, 6) is 0.548. The lowest BCUT2D eigenvalue weighted by molar-refractivity contribution is -0.121. The topological polar surface area (TPSA) is 79.5 Å². The van der Waals surface area contributed by atoms with Crippen LogP contribution in [-0.2, 0) is 4.79 Å². The van der Waals surface area contributed by atoms with Gasteiger partial charge in [0.15, 0.2) is 0 Å². The third kappa shape index (κ3) is 7.85. The van der Waals surface area contributed by atoms with Gasteiger partial charge in [0.2, 0.25) is 5.91 Å². The molecule has 22 heavy (non-hydrogen) atoms. The molecular formula is C15H24ClN3O3. The molecule has 6 nitrogen and oxygen atoms in total. The van der Waals surface area contributed by atoms with Gasteiger partial charge in [-0.1, -0.05) is 0 Å². The maximum Gasteiger partial charge on any atom is 0.251 e. The van der Waals surface area contributed by atoms with Crippen LogP contribution in [0.15, 0.2) is 24.3 Å². The number of rotatable bonds is 9. The van der Waals surface area contributed by atoms with Crippen LogP contribution in [0.2, 0.25) is 0 Å². The number of carbonyl (C=O) groups excluding carboxylic acids is 2. The Balaban J connectivity index is 0.00000441. The summed E-state index contributed by atoms with van der Waals surface area (Å²) in [5, 5.41) is 8.50. The van der Waals surface area contributed by atoms with Crippen LogP contribution in [0.1, 0.15) is 23.2 Å². The SMILES string of the molecule is CNCCCC(=O)NCCNC(=O)c1ccc(OC)cc1.Cl. The van der Waals surface area contributed by atoms with Gasteiger partial charge in [0.05, 0.1) is 7.11 Å². The molecule has 0 unspecified atom stereocenters. The summed E-state index contributed by atoms with van der Waals surface area (Å²) in [5.41, 5.74) is 0.566. The third-order valence-corrected chi connectivity index (χ3v) is 2.92. The molecule has 0 saturated carbocycles. The highest BCUT2D eigenvalue weighted by Gasteiger charge is 2.05. The summed E-state index contributed by atoms with van der Waals surface area (Å²) in [6.07, 6.45) is 1.30. The molecule has 124 valence electrons. The van der Waals surface area contributed by atoms with E-state index in [1.165, 1.54) is 0 Å². The number of methoxy groups -OCH3 is 1. The molecule has 2 amide bonds. The molecule has 0 spiro atoms. The molecular weight excluding hydrogens is 306 g/mol. The normalized spacial score (nSPS) is 9.55. The zero-order chi connectivity index (χ0) is 15.5. The molecule has 0 radical (unpaired) electrons. The molecule has 0 atom stereocenters. The van der Waals surface area contributed by atoms with Crippen molar-refractivity contribution in [2.45, 2.75) is 12.8 Å². The predicted molar refractivity (Wildman–Crippen MR) is 88.7 cm³/mol. The van der Waals surface area contributed by atoms with E-state index in [2.05, 4.69) is 16.0 Å². The first-order valence-corrected chi connectivity index (χ1v) is 7.01. The summed E-state index contributed by atoms with van der Waals surface area (Å²) in [6.45, 7) is 1.66. The van der Waals surface area contributed by atoms with Gasteiger partial charge < -0.3 is 20.7 Å². The van der Waals surface area contributed by atoms with Gasteiger partial charge in [0.1, 0.15) is 5.75 Å². The Morgan fingerprint density at radius 2 is 1.68 bits per heavy atom. The van der Waals surface area contributed by atoms with Crippen molar-refractivity contribution in [2.75, 3.05) is 33.8 Å². The quantitative estimate of drug-likeness (QED) is 0.590. The predicted octanol–water partition coefficient (Wildman–Crippen LogP) is 0.963. The van der Waals surface area contributed by atoms with Crippen LogP contribution >= 0.6 is 12.4 Å². The van der Waals surface area contributed by atoms with Crippen molar-refractivity contribution in [1.82, 2.24) is 16.0 Å². The molecule has 1 rings (SSSR count). The molecule has 1 aromatic rings. The summed E-state index contributed by atoms with van der Waals surface area (Å²) >= 11 is 0. The lowest BCUT2D eigenvalue weighted by Gasteiger charge is -2.07. The molecule has 0 fully saturated rings. The Morgan fingerprint density at radius 1 is 1.05 bits per heavy atom. The van der Waals surface area contributed by atoms with Crippen molar-refractivity contribution >= 4 is 24.2 Å². The molecule has 1 aromatic carbocycles. The highest BCUT2D eigenvalue weighted by Crippen LogP contribution is 2.10. The molecule has 0 saturated heterocycles. The summed E-state index contributed by atoms with van der Waals surface area (Å²) in [6, 6.07) is 6.87. The summed E-state index contributed by atoms with van der Waals surface area (Å²) < 4.78 is 5.03. The van der Waals surface area contributed by atoms with Gasteiger partial charge in [-0.2, -0.15) is 0 Å². The molecule has 0 aliphatic rings. The number of ether oxygens (including phenoxy) is 1. The fraction of sp³-hybridized carbons (Fsp3) is 0.467. The zero-order valence-electron chi connectivity index (χ0n) is 13.0. The first-order valence-electron chi connectivity index (χ1n) is 7.01. The molecule has 7 heteroatoms. The minimum atomic E-state index is -0.165. The smallest absolute Gasteiger partial charge is 0.251 e. The van der Waals surface area contributed by atoms with Crippen LogP contribution in [0.25, 0.3) is 0 Å². The summed E-state index contributed by atoms with van der Waals surface area (Å²) in [7, 11) is 3.43. The van der Waals surface area contributed by atoms with E-state index >= 15 is 0 Å². The Kier molecular flexibility index (Phi) is 10.9. The van der Waals surface area contributed by atoms with Crippen molar-refractivity contribution < 1.29 is 14.3 Å². The Hall–Kier alpha value is -1.79. The van der Waals surface area contributed by atoms with Gasteiger partial charge in [0, 0.05) is 25.1 Å². The van der Waals surface area contributed by atoms with Crippen LogP contribution in [0.3, 0.4) is 0 Å². The second kappa shape index (κ2) is 11.8. The maximum atomic E-state index is 11.8. The van der Waals surface area contributed by atoms with Crippen molar-refractivity contribution in [3.8, 4) is 5.75 Å². The van der Waals surface area contributed by atoms with Gasteiger partial charge in [-0.25, -0.2) is 0 Å². The van der Waals surface area contributed by atoms with Crippen LogP contribution in [0, 0.1) is 0 Å². The zero-order valence-corrected chi connectivity index (χ0v) is 13.8. The monoisotopic (exact) mass is 329 g/mol. The number of hydrogen-bond donors (Lipinski definition) is 3. The average molecular weight is 330 g/mol. The van der Waals surface area contributed by atoms with E-state index in [1.807, 2.05) is 7.05 Å². The van der Waals surface area contributed by atoms with Gasteiger partial charge in [0.25, 0.3) is 5.91 Å². The van der Waals surface area contributed by atoms with Crippen molar-refractivity contribution in [1.29, 1.82) is 0 Å². The lowest BCUT2D eigenvalue weighted by Crippen LogP contribution is -2.34. The van der Waals surface area contributed by atoms with E-state index in [4.69, 9.17) is 4.74 Å². The number of hydrogen-bond acceptors (Lipinski definition) is 4. The van der Waals surface area contributed by atoms with Gasteiger partial charge in [-0.15, -0.1) is 12.4 Å². The molecule has 0 aliphatic carbocycles. The number of benzene rings is 1. The lowest BCUT2D eigenvalue weighted by atomic mass is 10.2. The number of amides is 2. The molecule has 0 heterocycles. The van der Waals surface area contributed by atoms with E-state index in [-0.39, 0.29) is 24.2 Å². The van der Waals surface area contributed by atoms with Gasteiger partial charge >= 0.3 is 0 Å². The minimum Gasteiger partial charge on any atom is -0.497 e. The average Bonchev–Trinajstić information content (AvgIpc) is 2.51. The second-order valence-electron chi connectivity index (χ2n) is 4.54. The summed E-state index contributed by atoms with van der Waals surface area (Å²) in [4.78, 5) is 23.3. The van der Waals surface area contributed by atoms with E-state index in [0.717, 1.165) is 13.0 Å². The van der Waals surface area contributed by atoms with E-state index in [9.17, 15) is 9.59 Å². The molecule has 3 N–H and O–H groups in total. The van der Waals surface area contributed by atoms with E-state index < -0.39 is 0 Å². The first kappa shape index (κ1) is 20.2. The molecule has 0 bridgehead atoms. The fourth-order valence-corrected chi connectivity index (χ4v) is 1.74. The van der Waals surface area contributed by atoms with Crippen molar-refractivity contribution in [2.24, 2.45) is 0 Å². The standard InChI is InChI=1S/C15H23N3O3.ClH/c1-16-9-3-4-14(19)17-10-11-18-15(20)12-5-7-13(21-2)8-6-12;/h5-8,16H,3-4,9-11H2,1-2H3,(H,17,19)(H,18,20);1H. The number of halogens is 1. The maximum absolute atomic E-state index is 11.8. The van der Waals surface area contributed by atoms with Crippen LogP contribution < -0.4 is 20.7 Å². The Morgan fingerprint density at radius 3 is 2.27 bits per heavy atom. The Labute approximate surface area is 137 Å². The van der Waals surface area contributed by atoms with Crippen molar-refractivity contribution in [3.05, 3.63) is 29.8 Å². The third-order valence-electron chi connectivity index (χ3n) is 2.92. The van der Waals surface area contributed by atoms with Crippen LogP contribution in [0.4, 0.5) is 0 Å². The van der Waals surface area contributed by atoms with Gasteiger partial charge in [-0.05, 0) is 44.3 Å². The van der Waals surface area contributed by atoms with E-state index in [0.29, 0.717) is 30.8 Å². The second-order valence-corrected chi connectivity index (χ2v) is 4.54. The van der Waals surface area contributed by atoms with Crippen LogP contribution in [-0.4, -0.2) is 45.6 Å². The van der Waals surface area contributed by atoms with Crippen LogP contribution in [0.5, 0.6) is 5.75 Å². The highest BCUT2D eigenvalue weighted by molar-refractivity contribution is 5.94. The fourth-order valence-electron chi connectivity index (χ4n) is 1.74. The first-order chi connectivity index (χ1) is 10.2. The molecule has 0 aromatic heterocycles. The van der Waals surface area contributed by atoms with Crippen molar-refractivity contribution in [3.63, 3.8) is 0 Å². The number of nitrogens with one attached hydrogen (secondary N) is 3. The minimum absolute atomic E-state index is 0.